The van der Waals surface area contributed by atoms with Crippen molar-refractivity contribution in [2.75, 3.05) is 12.0 Å². The molecule has 12 heteroatoms. The summed E-state index contributed by atoms with van der Waals surface area (Å²) in [5.41, 5.74) is 7.25. The molecule has 0 fully saturated rings. The largest absolute Gasteiger partial charge is 0.508 e. The second kappa shape index (κ2) is 15.7. The zero-order chi connectivity index (χ0) is 29.8. The molecule has 0 radical (unpaired) electrons. The van der Waals surface area contributed by atoms with Crippen LogP contribution in [0.5, 0.6) is 11.5 Å². The summed E-state index contributed by atoms with van der Waals surface area (Å²) in [5, 5.41) is 36.6. The lowest BCUT2D eigenvalue weighted by molar-refractivity contribution is -0.143. The normalized spacial score (nSPS) is 14.0. The third kappa shape index (κ3) is 10.4. The lowest BCUT2D eigenvalue weighted by Gasteiger charge is -2.26. The number of aromatic hydroxyl groups is 2. The number of phenolic OH excluding ortho intramolecular Hbond substituents is 2. The Bertz CT molecular complexity index is 1140. The molecule has 0 spiro atoms. The molecule has 0 aromatic heterocycles. The lowest BCUT2D eigenvalue weighted by Crippen LogP contribution is -2.58. The fourth-order valence-corrected chi connectivity index (χ4v) is 4.34. The van der Waals surface area contributed by atoms with Crippen molar-refractivity contribution in [1.29, 1.82) is 0 Å². The predicted molar refractivity (Wildman–Crippen MR) is 153 cm³/mol. The number of benzene rings is 2. The molecule has 4 atom stereocenters. The fourth-order valence-electron chi connectivity index (χ4n) is 3.85. The number of rotatable bonds is 15. The molecular weight excluding hydrogens is 536 g/mol. The Balaban J connectivity index is 2.33. The fraction of sp³-hybridized carbons (Fsp3) is 0.429. The highest BCUT2D eigenvalue weighted by Gasteiger charge is 2.31. The van der Waals surface area contributed by atoms with E-state index in [0.717, 1.165) is 0 Å². The summed E-state index contributed by atoms with van der Waals surface area (Å²) in [6, 6.07) is 7.81. The number of nitrogens with one attached hydrogen (secondary N) is 3. The number of thioether (sulfide) groups is 1. The Morgan fingerprint density at radius 1 is 0.775 bits per heavy atom. The Morgan fingerprint density at radius 2 is 1.20 bits per heavy atom. The summed E-state index contributed by atoms with van der Waals surface area (Å²) in [6.45, 7) is 3.30. The van der Waals surface area contributed by atoms with E-state index in [-0.39, 0.29) is 24.3 Å². The first-order valence-corrected chi connectivity index (χ1v) is 14.2. The molecule has 0 aliphatic carbocycles. The van der Waals surface area contributed by atoms with Gasteiger partial charge in [-0.15, -0.1) is 0 Å². The van der Waals surface area contributed by atoms with Gasteiger partial charge >= 0.3 is 5.97 Å². The average Bonchev–Trinajstić information content (AvgIpc) is 2.91. The summed E-state index contributed by atoms with van der Waals surface area (Å²) in [7, 11) is 0. The molecule has 3 amide bonds. The molecule has 0 aliphatic rings. The van der Waals surface area contributed by atoms with Gasteiger partial charge in [-0.25, -0.2) is 4.79 Å². The van der Waals surface area contributed by atoms with E-state index in [1.807, 2.05) is 6.26 Å². The SMILES string of the molecule is CSCCC(N)C(=O)NC(Cc1ccc(O)cc1)C(=O)NC(Cc1ccc(O)cc1)C(=O)NC(C(=O)O)C(C)C. The Kier molecular flexibility index (Phi) is 12.8. The summed E-state index contributed by atoms with van der Waals surface area (Å²) in [6.07, 6.45) is 2.33. The lowest BCUT2D eigenvalue weighted by atomic mass is 10.00. The van der Waals surface area contributed by atoms with Crippen LogP contribution in [0.25, 0.3) is 0 Å². The molecule has 0 heterocycles. The molecule has 40 heavy (non-hydrogen) atoms. The number of carbonyl (C=O) groups excluding carboxylic acids is 3. The van der Waals surface area contributed by atoms with E-state index < -0.39 is 53.8 Å². The van der Waals surface area contributed by atoms with Crippen molar-refractivity contribution >= 4 is 35.5 Å². The smallest absolute Gasteiger partial charge is 0.326 e. The van der Waals surface area contributed by atoms with Crippen LogP contribution in [0, 0.1) is 5.92 Å². The third-order valence-corrected chi connectivity index (χ3v) is 6.86. The minimum absolute atomic E-state index is 0.00456. The summed E-state index contributed by atoms with van der Waals surface area (Å²) >= 11 is 1.53. The van der Waals surface area contributed by atoms with Crippen molar-refractivity contribution in [3.63, 3.8) is 0 Å². The van der Waals surface area contributed by atoms with Crippen molar-refractivity contribution in [3.05, 3.63) is 59.7 Å². The van der Waals surface area contributed by atoms with Gasteiger partial charge in [0.15, 0.2) is 0 Å². The van der Waals surface area contributed by atoms with Crippen molar-refractivity contribution < 1.29 is 34.5 Å². The highest BCUT2D eigenvalue weighted by atomic mass is 32.2. The van der Waals surface area contributed by atoms with Crippen LogP contribution in [-0.4, -0.2) is 75.2 Å². The zero-order valence-electron chi connectivity index (χ0n) is 22.8. The van der Waals surface area contributed by atoms with Crippen molar-refractivity contribution in [2.45, 2.75) is 57.3 Å². The highest BCUT2D eigenvalue weighted by molar-refractivity contribution is 7.98. The number of hydrogen-bond donors (Lipinski definition) is 7. The van der Waals surface area contributed by atoms with Crippen LogP contribution in [0.2, 0.25) is 0 Å². The molecule has 218 valence electrons. The number of aliphatic carboxylic acids is 1. The van der Waals surface area contributed by atoms with Gasteiger partial charge in [0, 0.05) is 12.8 Å². The van der Waals surface area contributed by atoms with Crippen LogP contribution < -0.4 is 21.7 Å². The van der Waals surface area contributed by atoms with Gasteiger partial charge < -0.3 is 37.0 Å². The number of nitrogens with two attached hydrogens (primary N) is 1. The van der Waals surface area contributed by atoms with Crippen molar-refractivity contribution in [2.24, 2.45) is 11.7 Å². The quantitative estimate of drug-likeness (QED) is 0.164. The van der Waals surface area contributed by atoms with E-state index in [2.05, 4.69) is 16.0 Å². The Labute approximate surface area is 237 Å². The van der Waals surface area contributed by atoms with Crippen LogP contribution in [0.3, 0.4) is 0 Å². The van der Waals surface area contributed by atoms with Crippen molar-refractivity contribution in [1.82, 2.24) is 16.0 Å². The van der Waals surface area contributed by atoms with Crippen LogP contribution in [0.4, 0.5) is 0 Å². The molecular formula is C28H38N4O7S. The van der Waals surface area contributed by atoms with Gasteiger partial charge in [-0.3, -0.25) is 14.4 Å². The first kappa shape index (κ1) is 32.4. The number of hydrogen-bond acceptors (Lipinski definition) is 8. The zero-order valence-corrected chi connectivity index (χ0v) is 23.6. The van der Waals surface area contributed by atoms with E-state index >= 15 is 0 Å². The van der Waals surface area contributed by atoms with Crippen molar-refractivity contribution in [3.8, 4) is 11.5 Å². The summed E-state index contributed by atoms with van der Waals surface area (Å²) < 4.78 is 0. The van der Waals surface area contributed by atoms with Crippen LogP contribution in [0.1, 0.15) is 31.4 Å². The standard InChI is InChI=1S/C28H38N4O7S/c1-16(2)24(28(38)39)32-27(37)23(15-18-6-10-20(34)11-7-18)31-26(36)22(14-17-4-8-19(33)9-5-17)30-25(35)21(29)12-13-40-3/h4-11,16,21-24,33-34H,12-15,29H2,1-3H3,(H,30,35)(H,31,36)(H,32,37)(H,38,39). The van der Waals surface area contributed by atoms with Gasteiger partial charge in [0.1, 0.15) is 29.6 Å². The van der Waals surface area contributed by atoms with Gasteiger partial charge in [0.05, 0.1) is 6.04 Å². The Hall–Kier alpha value is -3.77. The number of carboxylic acid groups (broad SMARTS) is 1. The van der Waals surface area contributed by atoms with Gasteiger partial charge in [0.25, 0.3) is 0 Å². The van der Waals surface area contributed by atoms with E-state index in [1.54, 1.807) is 38.1 Å². The molecule has 8 N–H and O–H groups in total. The number of carbonyl (C=O) groups is 4. The van der Waals surface area contributed by atoms with Gasteiger partial charge in [-0.2, -0.15) is 11.8 Å². The minimum Gasteiger partial charge on any atom is -0.508 e. The van der Waals surface area contributed by atoms with E-state index in [1.165, 1.54) is 36.0 Å². The molecule has 4 unspecified atom stereocenters. The maximum absolute atomic E-state index is 13.5. The maximum Gasteiger partial charge on any atom is 0.326 e. The molecule has 2 aromatic rings. The minimum atomic E-state index is -1.21. The van der Waals surface area contributed by atoms with E-state index in [0.29, 0.717) is 23.3 Å². The van der Waals surface area contributed by atoms with Gasteiger partial charge in [-0.05, 0) is 59.7 Å². The topological polar surface area (TPSA) is 191 Å². The van der Waals surface area contributed by atoms with Crippen LogP contribution in [-0.2, 0) is 32.0 Å². The monoisotopic (exact) mass is 574 g/mol. The average molecular weight is 575 g/mol. The number of amides is 3. The molecule has 11 nitrogen and oxygen atoms in total. The van der Waals surface area contributed by atoms with E-state index in [4.69, 9.17) is 5.73 Å². The van der Waals surface area contributed by atoms with Gasteiger partial charge in [-0.1, -0.05) is 38.1 Å². The second-order valence-corrected chi connectivity index (χ2v) is 10.8. The number of carboxylic acids is 1. The maximum atomic E-state index is 13.5. The van der Waals surface area contributed by atoms with E-state index in [9.17, 15) is 34.5 Å². The first-order valence-electron chi connectivity index (χ1n) is 12.9. The molecule has 0 aliphatic heterocycles. The van der Waals surface area contributed by atoms with Crippen LogP contribution in [0.15, 0.2) is 48.5 Å². The molecule has 2 aromatic carbocycles. The third-order valence-electron chi connectivity index (χ3n) is 6.22. The van der Waals surface area contributed by atoms with Crippen LogP contribution >= 0.6 is 11.8 Å². The molecule has 0 saturated carbocycles. The first-order chi connectivity index (χ1) is 18.9. The Morgan fingerprint density at radius 3 is 1.60 bits per heavy atom. The number of phenols is 2. The highest BCUT2D eigenvalue weighted by Crippen LogP contribution is 2.14. The molecule has 0 bridgehead atoms. The second-order valence-electron chi connectivity index (χ2n) is 9.82. The predicted octanol–water partition coefficient (Wildman–Crippen LogP) is 1.16. The van der Waals surface area contributed by atoms with Gasteiger partial charge in [0.2, 0.25) is 17.7 Å². The summed E-state index contributed by atoms with van der Waals surface area (Å²) in [5.74, 6) is -2.84. The molecule has 2 rings (SSSR count). The molecule has 0 saturated heterocycles. The summed E-state index contributed by atoms with van der Waals surface area (Å²) in [4.78, 5) is 51.3.